The molecule has 0 saturated heterocycles. The fourth-order valence-electron chi connectivity index (χ4n) is 1.26. The molecule has 0 heterocycles. The Balaban J connectivity index is 3.61. The summed E-state index contributed by atoms with van der Waals surface area (Å²) in [5.41, 5.74) is 5.52. The molecule has 0 aromatic carbocycles. The molecule has 0 aliphatic carbocycles. The van der Waals surface area contributed by atoms with Gasteiger partial charge in [-0.25, -0.2) is 4.79 Å². The zero-order chi connectivity index (χ0) is 13.3. The van der Waals surface area contributed by atoms with Crippen molar-refractivity contribution in [3.05, 3.63) is 0 Å². The first-order valence-corrected chi connectivity index (χ1v) is 5.93. The lowest BCUT2D eigenvalue weighted by molar-refractivity contribution is -0.121. The van der Waals surface area contributed by atoms with Gasteiger partial charge in [0.2, 0.25) is 5.91 Å². The van der Waals surface area contributed by atoms with Crippen LogP contribution in [0.5, 0.6) is 0 Å². The average molecular weight is 244 g/mol. The minimum Gasteiger partial charge on any atom is -0.354 e. The van der Waals surface area contributed by atoms with Crippen LogP contribution in [0.15, 0.2) is 0 Å². The third-order valence-corrected chi connectivity index (χ3v) is 2.51. The summed E-state index contributed by atoms with van der Waals surface area (Å²) in [4.78, 5) is 24.1. The highest BCUT2D eigenvalue weighted by Gasteiger charge is 2.09. The highest BCUT2D eigenvalue weighted by atomic mass is 16.2. The van der Waals surface area contributed by atoms with E-state index in [1.54, 1.807) is 14.1 Å². The zero-order valence-electron chi connectivity index (χ0n) is 11.0. The van der Waals surface area contributed by atoms with Crippen LogP contribution in [-0.2, 0) is 4.79 Å². The van der Waals surface area contributed by atoms with Gasteiger partial charge in [0, 0.05) is 33.6 Å². The minimum atomic E-state index is -0.160. The van der Waals surface area contributed by atoms with Gasteiger partial charge in [0.15, 0.2) is 0 Å². The molecule has 0 radical (unpaired) electrons. The monoisotopic (exact) mass is 244 g/mol. The van der Waals surface area contributed by atoms with Crippen LogP contribution < -0.4 is 16.4 Å². The van der Waals surface area contributed by atoms with Crippen LogP contribution in [0.1, 0.15) is 19.8 Å². The van der Waals surface area contributed by atoms with Gasteiger partial charge >= 0.3 is 6.03 Å². The Morgan fingerprint density at radius 3 is 2.29 bits per heavy atom. The summed E-state index contributed by atoms with van der Waals surface area (Å²) >= 11 is 0. The standard InChI is InChI=1S/C11H24N4O2/c1-4-9(8-12)7-10(16)13-5-6-14-11(17)15(2)3/h9H,4-8,12H2,1-3H3,(H,13,16)(H,14,17). The lowest BCUT2D eigenvalue weighted by Gasteiger charge is -2.14. The number of hydrogen-bond donors (Lipinski definition) is 3. The van der Waals surface area contributed by atoms with Crippen molar-refractivity contribution in [2.75, 3.05) is 33.7 Å². The summed E-state index contributed by atoms with van der Waals surface area (Å²) in [5, 5.41) is 5.41. The van der Waals surface area contributed by atoms with Crippen LogP contribution in [0.3, 0.4) is 0 Å². The molecule has 0 saturated carbocycles. The number of amides is 3. The highest BCUT2D eigenvalue weighted by Crippen LogP contribution is 2.04. The number of rotatable bonds is 7. The summed E-state index contributed by atoms with van der Waals surface area (Å²) in [6, 6.07) is -0.160. The molecule has 1 atom stereocenters. The molecular weight excluding hydrogens is 220 g/mol. The average Bonchev–Trinajstić information content (AvgIpc) is 2.31. The zero-order valence-corrected chi connectivity index (χ0v) is 11.0. The van der Waals surface area contributed by atoms with E-state index in [4.69, 9.17) is 5.73 Å². The number of carbonyl (C=O) groups excluding carboxylic acids is 2. The van der Waals surface area contributed by atoms with Gasteiger partial charge in [0.1, 0.15) is 0 Å². The third-order valence-electron chi connectivity index (χ3n) is 2.51. The third kappa shape index (κ3) is 7.57. The van der Waals surface area contributed by atoms with Crippen molar-refractivity contribution in [3.63, 3.8) is 0 Å². The van der Waals surface area contributed by atoms with E-state index in [2.05, 4.69) is 10.6 Å². The van der Waals surface area contributed by atoms with E-state index in [0.29, 0.717) is 26.1 Å². The molecule has 0 spiro atoms. The predicted octanol–water partition coefficient (Wildman–Crippen LogP) is -0.251. The summed E-state index contributed by atoms with van der Waals surface area (Å²) in [6.45, 7) is 3.42. The van der Waals surface area contributed by atoms with Crippen molar-refractivity contribution in [3.8, 4) is 0 Å². The first-order chi connectivity index (χ1) is 8.01. The van der Waals surface area contributed by atoms with Crippen LogP contribution in [-0.4, -0.2) is 50.6 Å². The van der Waals surface area contributed by atoms with Crippen molar-refractivity contribution < 1.29 is 9.59 Å². The molecule has 0 aliphatic heterocycles. The van der Waals surface area contributed by atoms with Crippen LogP contribution in [0.2, 0.25) is 0 Å². The number of carbonyl (C=O) groups is 2. The minimum absolute atomic E-state index is 0.0126. The van der Waals surface area contributed by atoms with Gasteiger partial charge in [-0.1, -0.05) is 13.3 Å². The van der Waals surface area contributed by atoms with Gasteiger partial charge in [-0.2, -0.15) is 0 Å². The van der Waals surface area contributed by atoms with Crippen molar-refractivity contribution in [1.82, 2.24) is 15.5 Å². The molecule has 3 amide bonds. The number of nitrogens with two attached hydrogens (primary N) is 1. The Labute approximate surface area is 103 Å². The van der Waals surface area contributed by atoms with E-state index in [0.717, 1.165) is 6.42 Å². The van der Waals surface area contributed by atoms with E-state index in [1.165, 1.54) is 4.90 Å². The van der Waals surface area contributed by atoms with Crippen molar-refractivity contribution in [1.29, 1.82) is 0 Å². The Kier molecular flexibility index (Phi) is 8.13. The Morgan fingerprint density at radius 1 is 1.24 bits per heavy atom. The molecule has 0 fully saturated rings. The van der Waals surface area contributed by atoms with E-state index < -0.39 is 0 Å². The quantitative estimate of drug-likeness (QED) is 0.540. The van der Waals surface area contributed by atoms with Gasteiger partial charge in [-0.3, -0.25) is 4.79 Å². The second kappa shape index (κ2) is 8.81. The fraction of sp³-hybridized carbons (Fsp3) is 0.818. The van der Waals surface area contributed by atoms with Gasteiger partial charge in [0.05, 0.1) is 0 Å². The maximum absolute atomic E-state index is 11.5. The van der Waals surface area contributed by atoms with Crippen molar-refractivity contribution in [2.24, 2.45) is 11.7 Å². The smallest absolute Gasteiger partial charge is 0.316 e. The SMILES string of the molecule is CCC(CN)CC(=O)NCCNC(=O)N(C)C. The molecule has 0 bridgehead atoms. The number of nitrogens with one attached hydrogen (secondary N) is 2. The summed E-state index contributed by atoms with van der Waals surface area (Å²) in [7, 11) is 3.34. The first-order valence-electron chi connectivity index (χ1n) is 5.93. The molecule has 100 valence electrons. The van der Waals surface area contributed by atoms with Crippen molar-refractivity contribution in [2.45, 2.75) is 19.8 Å². The molecule has 4 N–H and O–H groups in total. The largest absolute Gasteiger partial charge is 0.354 e. The Hall–Kier alpha value is -1.30. The maximum atomic E-state index is 11.5. The lowest BCUT2D eigenvalue weighted by Crippen LogP contribution is -2.40. The lowest BCUT2D eigenvalue weighted by atomic mass is 10.0. The van der Waals surface area contributed by atoms with Crippen LogP contribution in [0.25, 0.3) is 0 Å². The Bertz CT molecular complexity index is 240. The molecule has 0 aromatic heterocycles. The molecule has 6 heteroatoms. The molecular formula is C11H24N4O2. The van der Waals surface area contributed by atoms with E-state index in [1.807, 2.05) is 6.92 Å². The summed E-state index contributed by atoms with van der Waals surface area (Å²) < 4.78 is 0. The van der Waals surface area contributed by atoms with E-state index in [-0.39, 0.29) is 17.9 Å². The van der Waals surface area contributed by atoms with Crippen molar-refractivity contribution >= 4 is 11.9 Å². The molecule has 17 heavy (non-hydrogen) atoms. The summed E-state index contributed by atoms with van der Waals surface area (Å²) in [6.07, 6.45) is 1.36. The first kappa shape index (κ1) is 15.7. The predicted molar refractivity (Wildman–Crippen MR) is 67.5 cm³/mol. The second-order valence-corrected chi connectivity index (χ2v) is 4.19. The van der Waals surface area contributed by atoms with Crippen LogP contribution in [0.4, 0.5) is 4.79 Å². The molecule has 0 aromatic rings. The topological polar surface area (TPSA) is 87.5 Å². The summed E-state index contributed by atoms with van der Waals surface area (Å²) in [5.74, 6) is 0.229. The van der Waals surface area contributed by atoms with Gasteiger partial charge < -0.3 is 21.3 Å². The normalized spacial score (nSPS) is 11.8. The van der Waals surface area contributed by atoms with Gasteiger partial charge in [-0.05, 0) is 12.5 Å². The Morgan fingerprint density at radius 2 is 1.82 bits per heavy atom. The van der Waals surface area contributed by atoms with E-state index in [9.17, 15) is 9.59 Å². The van der Waals surface area contributed by atoms with Crippen LogP contribution in [0, 0.1) is 5.92 Å². The maximum Gasteiger partial charge on any atom is 0.316 e. The van der Waals surface area contributed by atoms with Crippen LogP contribution >= 0.6 is 0 Å². The fourth-order valence-corrected chi connectivity index (χ4v) is 1.26. The number of hydrogen-bond acceptors (Lipinski definition) is 3. The molecule has 6 nitrogen and oxygen atoms in total. The highest BCUT2D eigenvalue weighted by molar-refractivity contribution is 5.76. The van der Waals surface area contributed by atoms with Gasteiger partial charge in [0.25, 0.3) is 0 Å². The number of urea groups is 1. The van der Waals surface area contributed by atoms with Gasteiger partial charge in [-0.15, -0.1) is 0 Å². The number of nitrogens with zero attached hydrogens (tertiary/aromatic N) is 1. The molecule has 0 aliphatic rings. The molecule has 1 unspecified atom stereocenters. The van der Waals surface area contributed by atoms with E-state index >= 15 is 0 Å². The molecule has 0 rings (SSSR count). The second-order valence-electron chi connectivity index (χ2n) is 4.19.